The Hall–Kier alpha value is -3.27. The molecule has 1 N–H and O–H groups in total. The topological polar surface area (TPSA) is 120 Å². The lowest BCUT2D eigenvalue weighted by atomic mass is 10.1. The van der Waals surface area contributed by atoms with Gasteiger partial charge in [-0.15, -0.1) is 0 Å². The van der Waals surface area contributed by atoms with E-state index in [0.717, 1.165) is 0 Å². The molecule has 2 heterocycles. The molecule has 0 bridgehead atoms. The Morgan fingerprint density at radius 1 is 1.23 bits per heavy atom. The molecule has 0 saturated carbocycles. The number of para-hydroxylation sites is 1. The Bertz CT molecular complexity index is 828. The summed E-state index contributed by atoms with van der Waals surface area (Å²) in [5, 5.41) is 17.0. The summed E-state index contributed by atoms with van der Waals surface area (Å²) in [6.07, 6.45) is 1.35. The van der Waals surface area contributed by atoms with Crippen LogP contribution in [0.1, 0.15) is 10.4 Å². The largest absolute Gasteiger partial charge is 0.389 e. The number of ether oxygens (including phenoxy) is 1. The minimum atomic E-state index is -0.634. The molecule has 26 heavy (non-hydrogen) atoms. The quantitative estimate of drug-likeness (QED) is 0.626. The minimum Gasteiger partial charge on any atom is -0.378 e. The standard InChI is InChI=1S/C16H17N5O5/c22-15(11-20-6-5-14(18-20)21(24)25)17-13-4-2-1-3-12(13)16(23)19-7-9-26-10-8-19/h1-6H,7-11H2,(H,17,22). The zero-order chi connectivity index (χ0) is 18.5. The molecular formula is C16H17N5O5. The predicted octanol–water partition coefficient (Wildman–Crippen LogP) is 0.902. The van der Waals surface area contributed by atoms with Crippen LogP contribution >= 0.6 is 0 Å². The lowest BCUT2D eigenvalue weighted by molar-refractivity contribution is -0.389. The number of carbonyl (C=O) groups is 2. The van der Waals surface area contributed by atoms with Gasteiger partial charge in [-0.2, -0.15) is 4.68 Å². The zero-order valence-electron chi connectivity index (χ0n) is 13.8. The Labute approximate surface area is 148 Å². The van der Waals surface area contributed by atoms with Gasteiger partial charge in [0.05, 0.1) is 41.8 Å². The summed E-state index contributed by atoms with van der Waals surface area (Å²) in [6.45, 7) is 1.76. The van der Waals surface area contributed by atoms with Crippen molar-refractivity contribution in [2.24, 2.45) is 0 Å². The highest BCUT2D eigenvalue weighted by Crippen LogP contribution is 2.18. The zero-order valence-corrected chi connectivity index (χ0v) is 13.8. The Kier molecular flexibility index (Phi) is 5.23. The van der Waals surface area contributed by atoms with E-state index >= 15 is 0 Å². The third-order valence-electron chi connectivity index (χ3n) is 3.85. The number of nitrogens with one attached hydrogen (secondary N) is 1. The van der Waals surface area contributed by atoms with Crippen LogP contribution in [0.4, 0.5) is 11.5 Å². The number of morpholine rings is 1. The van der Waals surface area contributed by atoms with Gasteiger partial charge < -0.3 is 25.1 Å². The van der Waals surface area contributed by atoms with Crippen LogP contribution in [0.15, 0.2) is 36.5 Å². The maximum absolute atomic E-state index is 12.7. The first-order chi connectivity index (χ1) is 12.5. The summed E-state index contributed by atoms with van der Waals surface area (Å²) >= 11 is 0. The average molecular weight is 359 g/mol. The second-order valence-corrected chi connectivity index (χ2v) is 5.63. The number of hydrogen-bond acceptors (Lipinski definition) is 6. The van der Waals surface area contributed by atoms with Crippen molar-refractivity contribution in [3.05, 3.63) is 52.2 Å². The molecule has 3 rings (SSSR count). The van der Waals surface area contributed by atoms with E-state index in [1.165, 1.54) is 16.9 Å². The van der Waals surface area contributed by atoms with E-state index < -0.39 is 10.8 Å². The third-order valence-corrected chi connectivity index (χ3v) is 3.85. The van der Waals surface area contributed by atoms with Crippen molar-refractivity contribution in [3.8, 4) is 0 Å². The molecule has 0 radical (unpaired) electrons. The highest BCUT2D eigenvalue weighted by atomic mass is 16.6. The van der Waals surface area contributed by atoms with Crippen LogP contribution in [0.25, 0.3) is 0 Å². The van der Waals surface area contributed by atoms with Gasteiger partial charge in [-0.05, 0) is 17.1 Å². The average Bonchev–Trinajstić information content (AvgIpc) is 3.11. The molecule has 1 saturated heterocycles. The molecule has 136 valence electrons. The maximum atomic E-state index is 12.7. The predicted molar refractivity (Wildman–Crippen MR) is 90.7 cm³/mol. The molecule has 2 amide bonds. The fourth-order valence-corrected chi connectivity index (χ4v) is 2.59. The van der Waals surface area contributed by atoms with Crippen molar-refractivity contribution in [1.82, 2.24) is 14.7 Å². The fraction of sp³-hybridized carbons (Fsp3) is 0.312. The first-order valence-corrected chi connectivity index (χ1v) is 7.98. The van der Waals surface area contributed by atoms with Crippen molar-refractivity contribution >= 4 is 23.3 Å². The molecule has 1 aromatic carbocycles. The summed E-state index contributed by atoms with van der Waals surface area (Å²) < 4.78 is 6.41. The molecule has 0 spiro atoms. The van der Waals surface area contributed by atoms with E-state index in [4.69, 9.17) is 4.74 Å². The van der Waals surface area contributed by atoms with Gasteiger partial charge in [-0.3, -0.25) is 9.59 Å². The Morgan fingerprint density at radius 2 is 1.96 bits per heavy atom. The van der Waals surface area contributed by atoms with Crippen molar-refractivity contribution in [1.29, 1.82) is 0 Å². The van der Waals surface area contributed by atoms with Crippen molar-refractivity contribution < 1.29 is 19.2 Å². The van der Waals surface area contributed by atoms with Gasteiger partial charge in [0, 0.05) is 13.1 Å². The number of nitrogens with zero attached hydrogens (tertiary/aromatic N) is 4. The van der Waals surface area contributed by atoms with Crippen LogP contribution < -0.4 is 5.32 Å². The van der Waals surface area contributed by atoms with Crippen LogP contribution in [-0.2, 0) is 16.1 Å². The highest BCUT2D eigenvalue weighted by Gasteiger charge is 2.22. The SMILES string of the molecule is O=C(Cn1ccc([N+](=O)[O-])n1)Nc1ccccc1C(=O)N1CCOCC1. The number of amides is 2. The smallest absolute Gasteiger partial charge is 0.378 e. The number of anilines is 1. The van der Waals surface area contributed by atoms with Gasteiger partial charge in [0.2, 0.25) is 5.91 Å². The van der Waals surface area contributed by atoms with Gasteiger partial charge in [-0.25, -0.2) is 0 Å². The second kappa shape index (κ2) is 7.74. The Balaban J connectivity index is 1.69. The lowest BCUT2D eigenvalue weighted by Gasteiger charge is -2.27. The molecule has 0 aliphatic carbocycles. The number of benzene rings is 1. The number of aromatic nitrogens is 2. The molecule has 0 atom stereocenters. The molecule has 1 aliphatic heterocycles. The van der Waals surface area contributed by atoms with Crippen molar-refractivity contribution in [2.75, 3.05) is 31.6 Å². The maximum Gasteiger partial charge on any atom is 0.389 e. The summed E-state index contributed by atoms with van der Waals surface area (Å²) in [5.74, 6) is -0.954. The van der Waals surface area contributed by atoms with Crippen molar-refractivity contribution in [2.45, 2.75) is 6.54 Å². The van der Waals surface area contributed by atoms with E-state index in [0.29, 0.717) is 37.6 Å². The minimum absolute atomic E-state index is 0.182. The van der Waals surface area contributed by atoms with Crippen LogP contribution in [0.5, 0.6) is 0 Å². The van der Waals surface area contributed by atoms with Gasteiger partial charge in [0.25, 0.3) is 5.91 Å². The van der Waals surface area contributed by atoms with Crippen LogP contribution in [-0.4, -0.2) is 57.7 Å². The summed E-state index contributed by atoms with van der Waals surface area (Å²) in [7, 11) is 0. The molecule has 2 aromatic rings. The van der Waals surface area contributed by atoms with E-state index in [-0.39, 0.29) is 18.3 Å². The van der Waals surface area contributed by atoms with Gasteiger partial charge in [0.15, 0.2) is 0 Å². The van der Waals surface area contributed by atoms with Crippen LogP contribution in [0.2, 0.25) is 0 Å². The molecule has 0 unspecified atom stereocenters. The molecule has 1 aliphatic rings. The normalized spacial score (nSPS) is 14.1. The molecule has 10 heteroatoms. The first-order valence-electron chi connectivity index (χ1n) is 7.98. The number of nitro groups is 1. The van der Waals surface area contributed by atoms with Crippen LogP contribution in [0, 0.1) is 10.1 Å². The summed E-state index contributed by atoms with van der Waals surface area (Å²) in [6, 6.07) is 7.93. The summed E-state index contributed by atoms with van der Waals surface area (Å²) in [4.78, 5) is 36.6. The lowest BCUT2D eigenvalue weighted by Crippen LogP contribution is -2.41. The molecule has 1 fully saturated rings. The first kappa shape index (κ1) is 17.5. The second-order valence-electron chi connectivity index (χ2n) is 5.63. The third kappa shape index (κ3) is 4.03. The van der Waals surface area contributed by atoms with Gasteiger partial charge in [0.1, 0.15) is 6.54 Å². The number of rotatable bonds is 5. The Morgan fingerprint density at radius 3 is 2.65 bits per heavy atom. The number of hydrogen-bond donors (Lipinski definition) is 1. The molecular weight excluding hydrogens is 342 g/mol. The van der Waals surface area contributed by atoms with E-state index in [1.807, 2.05) is 0 Å². The summed E-state index contributed by atoms with van der Waals surface area (Å²) in [5.41, 5.74) is 0.768. The van der Waals surface area contributed by atoms with Crippen LogP contribution in [0.3, 0.4) is 0 Å². The van der Waals surface area contributed by atoms with E-state index in [2.05, 4.69) is 10.4 Å². The van der Waals surface area contributed by atoms with Gasteiger partial charge in [-0.1, -0.05) is 12.1 Å². The monoisotopic (exact) mass is 359 g/mol. The number of carbonyl (C=O) groups excluding carboxylic acids is 2. The van der Waals surface area contributed by atoms with Gasteiger partial charge >= 0.3 is 5.82 Å². The molecule has 10 nitrogen and oxygen atoms in total. The highest BCUT2D eigenvalue weighted by molar-refractivity contribution is 6.03. The fourth-order valence-electron chi connectivity index (χ4n) is 2.59. The van der Waals surface area contributed by atoms with Crippen molar-refractivity contribution in [3.63, 3.8) is 0 Å². The van der Waals surface area contributed by atoms with E-state index in [9.17, 15) is 19.7 Å². The molecule has 1 aromatic heterocycles. The van der Waals surface area contributed by atoms with E-state index in [1.54, 1.807) is 29.2 Å².